The Kier molecular flexibility index (Phi) is 4.17. The Morgan fingerprint density at radius 3 is 2.89 bits per heavy atom. The summed E-state index contributed by atoms with van der Waals surface area (Å²) in [4.78, 5) is 0. The van der Waals surface area contributed by atoms with Gasteiger partial charge in [0.15, 0.2) is 0 Å². The molecule has 19 heavy (non-hydrogen) atoms. The molecule has 0 fully saturated rings. The Morgan fingerprint density at radius 1 is 1.47 bits per heavy atom. The van der Waals surface area contributed by atoms with Crippen molar-refractivity contribution in [3.63, 3.8) is 0 Å². The zero-order valence-corrected chi connectivity index (χ0v) is 12.1. The molecule has 1 aromatic carbocycles. The van der Waals surface area contributed by atoms with Gasteiger partial charge in [0.05, 0.1) is 0 Å². The number of terminal acetylenes is 1. The molecule has 102 valence electrons. The zero-order valence-electron chi connectivity index (χ0n) is 12.1. The van der Waals surface area contributed by atoms with Crippen LogP contribution < -0.4 is 10.1 Å². The minimum atomic E-state index is -0.138. The van der Waals surface area contributed by atoms with Crippen LogP contribution in [0.2, 0.25) is 0 Å². The largest absolute Gasteiger partial charge is 0.487 e. The summed E-state index contributed by atoms with van der Waals surface area (Å²) in [5, 5.41) is 3.70. The van der Waals surface area contributed by atoms with E-state index in [9.17, 15) is 0 Å². The third kappa shape index (κ3) is 3.30. The highest BCUT2D eigenvalue weighted by Crippen LogP contribution is 2.39. The van der Waals surface area contributed by atoms with Crippen molar-refractivity contribution in [3.8, 4) is 18.1 Å². The molecule has 1 aliphatic heterocycles. The Labute approximate surface area is 116 Å². The molecule has 1 heterocycles. The van der Waals surface area contributed by atoms with Gasteiger partial charge in [0.2, 0.25) is 0 Å². The second-order valence-electron chi connectivity index (χ2n) is 5.84. The molecule has 2 rings (SSSR count). The summed E-state index contributed by atoms with van der Waals surface area (Å²) in [5.41, 5.74) is 1.11. The molecule has 2 nitrogen and oxygen atoms in total. The van der Waals surface area contributed by atoms with Crippen LogP contribution in [0, 0.1) is 12.3 Å². The number of hydrogen-bond donors (Lipinski definition) is 1. The second kappa shape index (κ2) is 5.67. The van der Waals surface area contributed by atoms with Gasteiger partial charge < -0.3 is 10.1 Å². The van der Waals surface area contributed by atoms with E-state index in [0.717, 1.165) is 25.0 Å². The van der Waals surface area contributed by atoms with E-state index in [1.54, 1.807) is 0 Å². The second-order valence-corrected chi connectivity index (χ2v) is 5.84. The van der Waals surface area contributed by atoms with Gasteiger partial charge in [-0.05, 0) is 26.3 Å². The Bertz CT molecular complexity index is 472. The van der Waals surface area contributed by atoms with Crippen molar-refractivity contribution in [2.45, 2.75) is 57.7 Å². The monoisotopic (exact) mass is 257 g/mol. The summed E-state index contributed by atoms with van der Waals surface area (Å²) in [6, 6.07) is 8.97. The third-order valence-corrected chi connectivity index (χ3v) is 3.67. The van der Waals surface area contributed by atoms with Gasteiger partial charge in [0, 0.05) is 30.5 Å². The number of benzene rings is 1. The molecule has 0 saturated carbocycles. The smallest absolute Gasteiger partial charge is 0.124 e. The first-order valence-electron chi connectivity index (χ1n) is 7.03. The molecule has 2 heteroatoms. The van der Waals surface area contributed by atoms with Crippen LogP contribution in [0.15, 0.2) is 24.3 Å². The Morgan fingerprint density at radius 2 is 2.21 bits per heavy atom. The molecular formula is C17H23NO. The molecule has 0 spiro atoms. The van der Waals surface area contributed by atoms with Crippen molar-refractivity contribution in [1.29, 1.82) is 0 Å². The van der Waals surface area contributed by atoms with Gasteiger partial charge in [-0.1, -0.05) is 25.1 Å². The lowest BCUT2D eigenvalue weighted by atomic mass is 9.89. The van der Waals surface area contributed by atoms with Crippen molar-refractivity contribution in [2.24, 2.45) is 0 Å². The number of fused-ring (bicyclic) bond motifs is 1. The number of hydrogen-bond acceptors (Lipinski definition) is 2. The van der Waals surface area contributed by atoms with E-state index in [-0.39, 0.29) is 5.60 Å². The fourth-order valence-corrected chi connectivity index (χ4v) is 2.70. The predicted molar refractivity (Wildman–Crippen MR) is 79.2 cm³/mol. The highest BCUT2D eigenvalue weighted by Gasteiger charge is 2.34. The quantitative estimate of drug-likeness (QED) is 0.831. The Hall–Kier alpha value is -1.46. The van der Waals surface area contributed by atoms with Gasteiger partial charge in [0.1, 0.15) is 11.4 Å². The lowest BCUT2D eigenvalue weighted by Crippen LogP contribution is -2.42. The molecule has 1 aromatic rings. The highest BCUT2D eigenvalue weighted by atomic mass is 16.5. The summed E-state index contributed by atoms with van der Waals surface area (Å²) in [7, 11) is 0. The molecular weight excluding hydrogens is 234 g/mol. The first-order chi connectivity index (χ1) is 9.05. The van der Waals surface area contributed by atoms with Gasteiger partial charge in [0.25, 0.3) is 0 Å². The van der Waals surface area contributed by atoms with Crippen LogP contribution in [0.5, 0.6) is 5.75 Å². The van der Waals surface area contributed by atoms with Crippen molar-refractivity contribution in [1.82, 2.24) is 5.32 Å². The van der Waals surface area contributed by atoms with Gasteiger partial charge in [-0.15, -0.1) is 12.3 Å². The molecule has 0 radical (unpaired) electrons. The van der Waals surface area contributed by atoms with Gasteiger partial charge in [-0.2, -0.15) is 0 Å². The molecule has 1 aliphatic rings. The fraction of sp³-hybridized carbons (Fsp3) is 0.529. The topological polar surface area (TPSA) is 21.3 Å². The van der Waals surface area contributed by atoms with Crippen molar-refractivity contribution >= 4 is 0 Å². The van der Waals surface area contributed by atoms with Crippen molar-refractivity contribution < 1.29 is 4.74 Å². The molecule has 0 aromatic heterocycles. The standard InChI is InChI=1S/C17H23NO/c1-5-9-13(6-2)18-15-12-17(3,4)19-16-11-8-7-10-14(15)16/h1,7-8,10-11,13,15,18H,6,9,12H2,2-4H3. The van der Waals surface area contributed by atoms with E-state index in [2.05, 4.69) is 44.1 Å². The van der Waals surface area contributed by atoms with E-state index >= 15 is 0 Å². The van der Waals surface area contributed by atoms with E-state index < -0.39 is 0 Å². The number of rotatable bonds is 4. The fourth-order valence-electron chi connectivity index (χ4n) is 2.70. The van der Waals surface area contributed by atoms with Crippen LogP contribution in [0.1, 0.15) is 51.6 Å². The van der Waals surface area contributed by atoms with Crippen molar-refractivity contribution in [2.75, 3.05) is 0 Å². The number of nitrogens with one attached hydrogen (secondary N) is 1. The van der Waals surface area contributed by atoms with Crippen LogP contribution in [-0.4, -0.2) is 11.6 Å². The van der Waals surface area contributed by atoms with E-state index in [4.69, 9.17) is 11.2 Å². The summed E-state index contributed by atoms with van der Waals surface area (Å²) in [5.74, 6) is 3.75. The molecule has 0 aliphatic carbocycles. The molecule has 2 atom stereocenters. The summed E-state index contributed by atoms with van der Waals surface area (Å²) >= 11 is 0. The SMILES string of the molecule is C#CCC(CC)NC1CC(C)(C)Oc2ccccc21. The van der Waals surface area contributed by atoms with E-state index in [1.807, 2.05) is 12.1 Å². The zero-order chi connectivity index (χ0) is 13.9. The minimum Gasteiger partial charge on any atom is -0.487 e. The van der Waals surface area contributed by atoms with Crippen LogP contribution in [0.4, 0.5) is 0 Å². The minimum absolute atomic E-state index is 0.138. The van der Waals surface area contributed by atoms with Gasteiger partial charge in [-0.3, -0.25) is 0 Å². The molecule has 1 N–H and O–H groups in total. The lowest BCUT2D eigenvalue weighted by Gasteiger charge is -2.39. The van der Waals surface area contributed by atoms with Crippen LogP contribution >= 0.6 is 0 Å². The van der Waals surface area contributed by atoms with E-state index in [0.29, 0.717) is 12.1 Å². The summed E-state index contributed by atoms with van der Waals surface area (Å²) in [6.45, 7) is 6.45. The molecule has 0 bridgehead atoms. The number of para-hydroxylation sites is 1. The molecule has 2 unspecified atom stereocenters. The average Bonchev–Trinajstić information content (AvgIpc) is 2.36. The average molecular weight is 257 g/mol. The summed E-state index contributed by atoms with van der Waals surface area (Å²) in [6.07, 6.45) is 8.23. The lowest BCUT2D eigenvalue weighted by molar-refractivity contribution is 0.0636. The highest BCUT2D eigenvalue weighted by molar-refractivity contribution is 5.38. The first-order valence-corrected chi connectivity index (χ1v) is 7.03. The summed E-state index contributed by atoms with van der Waals surface area (Å²) < 4.78 is 6.04. The normalized spacial score (nSPS) is 21.9. The van der Waals surface area contributed by atoms with Crippen LogP contribution in [0.3, 0.4) is 0 Å². The van der Waals surface area contributed by atoms with Crippen molar-refractivity contribution in [3.05, 3.63) is 29.8 Å². The maximum Gasteiger partial charge on any atom is 0.124 e. The predicted octanol–water partition coefficient (Wildman–Crippen LogP) is 3.68. The maximum atomic E-state index is 6.04. The maximum absolute atomic E-state index is 6.04. The Balaban J connectivity index is 2.22. The van der Waals surface area contributed by atoms with Crippen LogP contribution in [0.25, 0.3) is 0 Å². The van der Waals surface area contributed by atoms with Crippen LogP contribution in [-0.2, 0) is 0 Å². The van der Waals surface area contributed by atoms with Gasteiger partial charge in [-0.25, -0.2) is 0 Å². The van der Waals surface area contributed by atoms with E-state index in [1.165, 1.54) is 5.56 Å². The van der Waals surface area contributed by atoms with Gasteiger partial charge >= 0.3 is 0 Å². The third-order valence-electron chi connectivity index (χ3n) is 3.67. The first kappa shape index (κ1) is 14.0. The molecule has 0 saturated heterocycles. The number of ether oxygens (including phenoxy) is 1. The molecule has 0 amide bonds.